The number of thiophene rings is 1. The minimum absolute atomic E-state index is 0.0602. The van der Waals surface area contributed by atoms with Crippen LogP contribution in [0.25, 0.3) is 0 Å². The van der Waals surface area contributed by atoms with Gasteiger partial charge in [-0.3, -0.25) is 4.90 Å². The van der Waals surface area contributed by atoms with Crippen LogP contribution in [0.1, 0.15) is 32.1 Å². The van der Waals surface area contributed by atoms with Crippen LogP contribution < -0.4 is 5.73 Å². The molecule has 0 aliphatic heterocycles. The molecule has 0 fully saturated rings. The summed E-state index contributed by atoms with van der Waals surface area (Å²) in [6.45, 7) is 8.31. The molecule has 0 amide bonds. The van der Waals surface area contributed by atoms with Crippen LogP contribution in [-0.2, 0) is 6.54 Å². The van der Waals surface area contributed by atoms with Crippen LogP contribution in [-0.4, -0.2) is 24.0 Å². The fourth-order valence-corrected chi connectivity index (χ4v) is 3.28. The highest BCUT2D eigenvalue weighted by atomic mass is 35.5. The summed E-state index contributed by atoms with van der Waals surface area (Å²) >= 11 is 7.60. The minimum atomic E-state index is 0.0602. The SMILES string of the molecule is CC(C)CC(C)(CN)N(C)Cc1ccc(Cl)s1. The van der Waals surface area contributed by atoms with Crippen molar-refractivity contribution in [1.82, 2.24) is 4.90 Å². The van der Waals surface area contributed by atoms with E-state index >= 15 is 0 Å². The first-order valence-corrected chi connectivity index (χ1v) is 7.22. The molecule has 2 N–H and O–H groups in total. The normalized spacial score (nSPS) is 15.5. The van der Waals surface area contributed by atoms with Crippen LogP contribution in [0.5, 0.6) is 0 Å². The lowest BCUT2D eigenvalue weighted by atomic mass is 9.89. The molecule has 2 nitrogen and oxygen atoms in total. The molecule has 0 bridgehead atoms. The fraction of sp³-hybridized carbons (Fsp3) is 0.692. The van der Waals surface area contributed by atoms with Crippen LogP contribution >= 0.6 is 22.9 Å². The maximum Gasteiger partial charge on any atom is 0.0931 e. The first-order chi connectivity index (χ1) is 7.87. The smallest absolute Gasteiger partial charge is 0.0931 e. The summed E-state index contributed by atoms with van der Waals surface area (Å²) in [4.78, 5) is 3.63. The average Bonchev–Trinajstić information content (AvgIpc) is 2.62. The van der Waals surface area contributed by atoms with E-state index < -0.39 is 0 Å². The lowest BCUT2D eigenvalue weighted by Crippen LogP contribution is -2.50. The van der Waals surface area contributed by atoms with Crippen LogP contribution in [0.2, 0.25) is 4.34 Å². The molecule has 0 aromatic carbocycles. The average molecular weight is 275 g/mol. The Morgan fingerprint density at radius 1 is 1.47 bits per heavy atom. The molecular weight excluding hydrogens is 252 g/mol. The van der Waals surface area contributed by atoms with E-state index in [-0.39, 0.29) is 5.54 Å². The zero-order valence-corrected chi connectivity index (χ0v) is 12.7. The van der Waals surface area contributed by atoms with E-state index in [9.17, 15) is 0 Å². The number of hydrogen-bond acceptors (Lipinski definition) is 3. The van der Waals surface area contributed by atoms with E-state index in [0.29, 0.717) is 12.5 Å². The Kier molecular flexibility index (Phi) is 5.45. The van der Waals surface area contributed by atoms with Crippen molar-refractivity contribution in [1.29, 1.82) is 0 Å². The zero-order valence-electron chi connectivity index (χ0n) is 11.2. The van der Waals surface area contributed by atoms with Gasteiger partial charge in [-0.15, -0.1) is 11.3 Å². The predicted octanol–water partition coefficient (Wildman–Crippen LogP) is 3.60. The molecule has 1 aromatic heterocycles. The van der Waals surface area contributed by atoms with E-state index in [4.69, 9.17) is 17.3 Å². The van der Waals surface area contributed by atoms with Crippen LogP contribution in [0, 0.1) is 5.92 Å². The van der Waals surface area contributed by atoms with Gasteiger partial charge in [0.15, 0.2) is 0 Å². The van der Waals surface area contributed by atoms with Crippen molar-refractivity contribution in [3.63, 3.8) is 0 Å². The van der Waals surface area contributed by atoms with Crippen molar-refractivity contribution in [2.24, 2.45) is 11.7 Å². The third kappa shape index (κ3) is 4.25. The number of likely N-dealkylation sites (N-methyl/N-ethyl adjacent to an activating group) is 1. The highest BCUT2D eigenvalue weighted by Gasteiger charge is 2.28. The standard InChI is InChI=1S/C13H23ClN2S/c1-10(2)7-13(3,9-15)16(4)8-11-5-6-12(14)17-11/h5-6,10H,7-9,15H2,1-4H3. The number of rotatable bonds is 6. The largest absolute Gasteiger partial charge is 0.329 e. The number of nitrogens with two attached hydrogens (primary N) is 1. The number of hydrogen-bond donors (Lipinski definition) is 1. The molecule has 17 heavy (non-hydrogen) atoms. The molecule has 0 aliphatic rings. The molecule has 0 saturated carbocycles. The molecule has 1 unspecified atom stereocenters. The maximum absolute atomic E-state index is 5.95. The summed E-state index contributed by atoms with van der Waals surface area (Å²) in [5.41, 5.74) is 6.01. The zero-order chi connectivity index (χ0) is 13.1. The Morgan fingerprint density at radius 2 is 2.12 bits per heavy atom. The molecule has 0 saturated heterocycles. The first kappa shape index (κ1) is 15.0. The highest BCUT2D eigenvalue weighted by molar-refractivity contribution is 7.16. The van der Waals surface area contributed by atoms with E-state index in [1.165, 1.54) is 4.88 Å². The molecule has 4 heteroatoms. The monoisotopic (exact) mass is 274 g/mol. The van der Waals surface area contributed by atoms with Gasteiger partial charge >= 0.3 is 0 Å². The second-order valence-electron chi connectivity index (χ2n) is 5.36. The second kappa shape index (κ2) is 6.19. The Labute approximate surface area is 114 Å². The third-order valence-corrected chi connectivity index (χ3v) is 4.45. The number of nitrogens with zero attached hydrogens (tertiary/aromatic N) is 1. The molecule has 0 spiro atoms. The summed E-state index contributed by atoms with van der Waals surface area (Å²) in [7, 11) is 2.14. The van der Waals surface area contributed by atoms with Gasteiger partial charge in [0.1, 0.15) is 0 Å². The third-order valence-electron chi connectivity index (χ3n) is 3.23. The Balaban J connectivity index is 2.69. The van der Waals surface area contributed by atoms with E-state index in [1.807, 2.05) is 6.07 Å². The summed E-state index contributed by atoms with van der Waals surface area (Å²) in [6, 6.07) is 4.05. The van der Waals surface area contributed by atoms with Gasteiger partial charge < -0.3 is 5.73 Å². The van der Waals surface area contributed by atoms with Crippen molar-refractivity contribution in [2.45, 2.75) is 39.3 Å². The summed E-state index contributed by atoms with van der Waals surface area (Å²) < 4.78 is 0.853. The van der Waals surface area contributed by atoms with E-state index in [1.54, 1.807) is 11.3 Å². The quantitative estimate of drug-likeness (QED) is 0.859. The summed E-state index contributed by atoms with van der Waals surface area (Å²) in [5, 5.41) is 0. The van der Waals surface area contributed by atoms with Crippen molar-refractivity contribution < 1.29 is 0 Å². The van der Waals surface area contributed by atoms with Gasteiger partial charge in [0.05, 0.1) is 4.34 Å². The topological polar surface area (TPSA) is 29.3 Å². The van der Waals surface area contributed by atoms with Crippen LogP contribution in [0.15, 0.2) is 12.1 Å². The minimum Gasteiger partial charge on any atom is -0.329 e. The summed E-state index contributed by atoms with van der Waals surface area (Å²) in [5.74, 6) is 0.651. The van der Waals surface area contributed by atoms with Crippen molar-refractivity contribution in [2.75, 3.05) is 13.6 Å². The summed E-state index contributed by atoms with van der Waals surface area (Å²) in [6.07, 6.45) is 1.11. The van der Waals surface area contributed by atoms with Gasteiger partial charge in [-0.25, -0.2) is 0 Å². The molecule has 1 rings (SSSR count). The fourth-order valence-electron chi connectivity index (χ4n) is 2.14. The first-order valence-electron chi connectivity index (χ1n) is 6.03. The van der Waals surface area contributed by atoms with Gasteiger partial charge in [-0.1, -0.05) is 25.4 Å². The molecule has 0 aliphatic carbocycles. The molecule has 1 atom stereocenters. The van der Waals surface area contributed by atoms with Crippen LogP contribution in [0.3, 0.4) is 0 Å². The highest BCUT2D eigenvalue weighted by Crippen LogP contribution is 2.27. The van der Waals surface area contributed by atoms with Gasteiger partial charge in [0.25, 0.3) is 0 Å². The van der Waals surface area contributed by atoms with Gasteiger partial charge in [-0.05, 0) is 38.4 Å². The lowest BCUT2D eigenvalue weighted by Gasteiger charge is -2.39. The Hall–Kier alpha value is -0.0900. The molecule has 1 aromatic rings. The molecule has 1 heterocycles. The van der Waals surface area contributed by atoms with E-state index in [0.717, 1.165) is 17.3 Å². The van der Waals surface area contributed by atoms with Gasteiger partial charge in [0, 0.05) is 23.5 Å². The van der Waals surface area contributed by atoms with Crippen molar-refractivity contribution >= 4 is 22.9 Å². The lowest BCUT2D eigenvalue weighted by molar-refractivity contribution is 0.113. The predicted molar refractivity (Wildman–Crippen MR) is 77.7 cm³/mol. The second-order valence-corrected chi connectivity index (χ2v) is 7.16. The van der Waals surface area contributed by atoms with Gasteiger partial charge in [0.2, 0.25) is 0 Å². The maximum atomic E-state index is 5.95. The number of halogens is 1. The molecule has 98 valence electrons. The Bertz CT molecular complexity index is 351. The molecular formula is C13H23ClN2S. The Morgan fingerprint density at radius 3 is 2.53 bits per heavy atom. The van der Waals surface area contributed by atoms with Crippen LogP contribution in [0.4, 0.5) is 0 Å². The van der Waals surface area contributed by atoms with E-state index in [2.05, 4.69) is 38.8 Å². The molecule has 0 radical (unpaired) electrons. The van der Waals surface area contributed by atoms with Gasteiger partial charge in [-0.2, -0.15) is 0 Å². The van der Waals surface area contributed by atoms with Crippen molar-refractivity contribution in [3.05, 3.63) is 21.3 Å². The van der Waals surface area contributed by atoms with Crippen molar-refractivity contribution in [3.8, 4) is 0 Å².